The van der Waals surface area contributed by atoms with E-state index in [0.717, 1.165) is 27.7 Å². The Bertz CT molecular complexity index is 820. The highest BCUT2D eigenvalue weighted by atomic mass is 35.5. The van der Waals surface area contributed by atoms with Gasteiger partial charge in [0.05, 0.1) is 6.61 Å². The molecule has 0 fully saturated rings. The van der Waals surface area contributed by atoms with Crippen LogP contribution in [0.25, 0.3) is 11.4 Å². The van der Waals surface area contributed by atoms with Gasteiger partial charge in [0.1, 0.15) is 5.75 Å². The van der Waals surface area contributed by atoms with Crippen LogP contribution >= 0.6 is 23.4 Å². The summed E-state index contributed by atoms with van der Waals surface area (Å²) in [5, 5.41) is 9.74. The summed E-state index contributed by atoms with van der Waals surface area (Å²) in [6.45, 7) is 2.59. The van der Waals surface area contributed by atoms with Crippen molar-refractivity contribution >= 4 is 23.4 Å². The van der Waals surface area contributed by atoms with Gasteiger partial charge in [0.15, 0.2) is 5.82 Å². The van der Waals surface area contributed by atoms with Crippen molar-refractivity contribution in [2.45, 2.75) is 17.8 Å². The Hall–Kier alpha value is -2.18. The van der Waals surface area contributed by atoms with Crippen LogP contribution in [-0.4, -0.2) is 21.5 Å². The number of ether oxygens (including phenoxy) is 1. The molecule has 0 unspecified atom stereocenters. The number of hydrogen-bond acceptors (Lipinski definition) is 5. The summed E-state index contributed by atoms with van der Waals surface area (Å²) in [5.41, 5.74) is 2.00. The largest absolute Gasteiger partial charge is 0.494 e. The molecule has 7 heteroatoms. The van der Waals surface area contributed by atoms with E-state index in [1.54, 1.807) is 0 Å². The minimum atomic E-state index is 0.617. The van der Waals surface area contributed by atoms with Crippen molar-refractivity contribution in [3.63, 3.8) is 0 Å². The Morgan fingerprint density at radius 2 is 1.96 bits per heavy atom. The first-order valence-corrected chi connectivity index (χ1v) is 8.84. The van der Waals surface area contributed by atoms with E-state index in [9.17, 15) is 0 Å². The van der Waals surface area contributed by atoms with Crippen molar-refractivity contribution in [3.05, 3.63) is 59.1 Å². The number of nitrogens with two attached hydrogens (primary N) is 1. The van der Waals surface area contributed by atoms with Crippen LogP contribution in [0.3, 0.4) is 0 Å². The van der Waals surface area contributed by atoms with E-state index >= 15 is 0 Å². The molecule has 0 saturated heterocycles. The second-order valence-corrected chi connectivity index (χ2v) is 6.43. The van der Waals surface area contributed by atoms with E-state index in [4.69, 9.17) is 22.2 Å². The second-order valence-electron chi connectivity index (χ2n) is 5.05. The number of halogens is 1. The van der Waals surface area contributed by atoms with Gasteiger partial charge in [-0.3, -0.25) is 0 Å². The highest BCUT2D eigenvalue weighted by Gasteiger charge is 2.12. The molecule has 124 valence electrons. The summed E-state index contributed by atoms with van der Waals surface area (Å²) in [6.07, 6.45) is 0. The summed E-state index contributed by atoms with van der Waals surface area (Å²) in [7, 11) is 0. The van der Waals surface area contributed by atoms with Crippen molar-refractivity contribution in [2.75, 3.05) is 12.4 Å². The van der Waals surface area contributed by atoms with E-state index in [-0.39, 0.29) is 0 Å². The predicted molar refractivity (Wildman–Crippen MR) is 97.8 cm³/mol. The maximum absolute atomic E-state index is 6.14. The molecular formula is C17H17ClN4OS. The van der Waals surface area contributed by atoms with Crippen LogP contribution < -0.4 is 10.6 Å². The number of nitrogens with zero attached hydrogens (tertiary/aromatic N) is 3. The Balaban J connectivity index is 1.73. The Labute approximate surface area is 149 Å². The molecule has 0 aliphatic heterocycles. The van der Waals surface area contributed by atoms with E-state index in [0.29, 0.717) is 17.6 Å². The van der Waals surface area contributed by atoms with Gasteiger partial charge in [-0.15, -0.1) is 10.2 Å². The standard InChI is InChI=1S/C17H17ClN4OS/c1-2-23-15-8-6-13(7-9-15)16-20-21-17(22(16)19)24-11-12-4-3-5-14(18)10-12/h3-10H,2,11,19H2,1H3. The van der Waals surface area contributed by atoms with E-state index < -0.39 is 0 Å². The number of nitrogen functional groups attached to an aromatic ring is 1. The average Bonchev–Trinajstić information content (AvgIpc) is 2.95. The van der Waals surface area contributed by atoms with Crippen molar-refractivity contribution in [2.24, 2.45) is 0 Å². The third-order valence-corrected chi connectivity index (χ3v) is 4.59. The van der Waals surface area contributed by atoms with Gasteiger partial charge in [0.2, 0.25) is 5.16 Å². The van der Waals surface area contributed by atoms with Crippen molar-refractivity contribution in [1.29, 1.82) is 0 Å². The molecule has 0 aliphatic rings. The molecule has 1 heterocycles. The number of aromatic nitrogens is 3. The van der Waals surface area contributed by atoms with Gasteiger partial charge in [0.25, 0.3) is 0 Å². The lowest BCUT2D eigenvalue weighted by Gasteiger charge is -2.06. The summed E-state index contributed by atoms with van der Waals surface area (Å²) in [4.78, 5) is 0. The van der Waals surface area contributed by atoms with Crippen LogP contribution in [0, 0.1) is 0 Å². The number of rotatable bonds is 6. The zero-order valence-electron chi connectivity index (χ0n) is 13.1. The molecule has 0 atom stereocenters. The molecule has 0 spiro atoms. The Morgan fingerprint density at radius 1 is 1.17 bits per heavy atom. The highest BCUT2D eigenvalue weighted by Crippen LogP contribution is 2.26. The first kappa shape index (κ1) is 16.7. The van der Waals surface area contributed by atoms with E-state index in [2.05, 4.69) is 10.2 Å². The topological polar surface area (TPSA) is 66.0 Å². The van der Waals surface area contributed by atoms with Crippen LogP contribution in [0.5, 0.6) is 5.75 Å². The van der Waals surface area contributed by atoms with Gasteiger partial charge < -0.3 is 10.6 Å². The molecule has 0 amide bonds. The molecule has 3 rings (SSSR count). The molecule has 2 aromatic carbocycles. The summed E-state index contributed by atoms with van der Waals surface area (Å²) in [6, 6.07) is 15.4. The van der Waals surface area contributed by atoms with Gasteiger partial charge in [-0.25, -0.2) is 4.68 Å². The molecule has 0 saturated carbocycles. The van der Waals surface area contributed by atoms with Crippen LogP contribution in [0.4, 0.5) is 0 Å². The lowest BCUT2D eigenvalue weighted by molar-refractivity contribution is 0.340. The zero-order chi connectivity index (χ0) is 16.9. The molecule has 0 bridgehead atoms. The molecule has 0 radical (unpaired) electrons. The van der Waals surface area contributed by atoms with Crippen LogP contribution in [0.1, 0.15) is 12.5 Å². The summed E-state index contributed by atoms with van der Waals surface area (Å²) in [5.74, 6) is 8.30. The maximum atomic E-state index is 6.14. The molecule has 5 nitrogen and oxygen atoms in total. The third kappa shape index (κ3) is 3.83. The summed E-state index contributed by atoms with van der Waals surface area (Å²) >= 11 is 7.52. The number of thioether (sulfide) groups is 1. The van der Waals surface area contributed by atoms with Crippen LogP contribution in [0.2, 0.25) is 5.02 Å². The fourth-order valence-electron chi connectivity index (χ4n) is 2.21. The van der Waals surface area contributed by atoms with Gasteiger partial charge in [0, 0.05) is 16.3 Å². The van der Waals surface area contributed by atoms with Gasteiger partial charge in [-0.05, 0) is 48.9 Å². The number of benzene rings is 2. The van der Waals surface area contributed by atoms with Crippen LogP contribution in [-0.2, 0) is 5.75 Å². The summed E-state index contributed by atoms with van der Waals surface area (Å²) < 4.78 is 6.95. The molecule has 0 aliphatic carbocycles. The van der Waals surface area contributed by atoms with E-state index in [1.165, 1.54) is 16.4 Å². The fraction of sp³-hybridized carbons (Fsp3) is 0.176. The normalized spacial score (nSPS) is 10.8. The predicted octanol–water partition coefficient (Wildman–Crippen LogP) is 4.00. The molecular weight excluding hydrogens is 344 g/mol. The van der Waals surface area contributed by atoms with Crippen molar-refractivity contribution in [1.82, 2.24) is 14.9 Å². The van der Waals surface area contributed by atoms with Gasteiger partial charge >= 0.3 is 0 Å². The highest BCUT2D eigenvalue weighted by molar-refractivity contribution is 7.98. The third-order valence-electron chi connectivity index (χ3n) is 3.35. The zero-order valence-corrected chi connectivity index (χ0v) is 14.7. The molecule has 2 N–H and O–H groups in total. The molecule has 1 aromatic heterocycles. The lowest BCUT2D eigenvalue weighted by atomic mass is 10.2. The van der Waals surface area contributed by atoms with E-state index in [1.807, 2.05) is 55.5 Å². The fourth-order valence-corrected chi connectivity index (χ4v) is 3.23. The Morgan fingerprint density at radius 3 is 2.67 bits per heavy atom. The van der Waals surface area contributed by atoms with Crippen LogP contribution in [0.15, 0.2) is 53.7 Å². The monoisotopic (exact) mass is 360 g/mol. The quantitative estimate of drug-likeness (QED) is 0.531. The number of hydrogen-bond donors (Lipinski definition) is 1. The smallest absolute Gasteiger partial charge is 0.210 e. The first-order valence-electron chi connectivity index (χ1n) is 7.48. The lowest BCUT2D eigenvalue weighted by Crippen LogP contribution is -2.11. The van der Waals surface area contributed by atoms with Gasteiger partial charge in [-0.2, -0.15) is 0 Å². The SMILES string of the molecule is CCOc1ccc(-c2nnc(SCc3cccc(Cl)c3)n2N)cc1. The molecule has 24 heavy (non-hydrogen) atoms. The minimum absolute atomic E-state index is 0.617. The van der Waals surface area contributed by atoms with Crippen molar-refractivity contribution < 1.29 is 4.74 Å². The van der Waals surface area contributed by atoms with Crippen molar-refractivity contribution in [3.8, 4) is 17.1 Å². The molecule has 3 aromatic rings. The Kier molecular flexibility index (Phi) is 5.27. The first-order chi connectivity index (χ1) is 11.7. The maximum Gasteiger partial charge on any atom is 0.210 e. The minimum Gasteiger partial charge on any atom is -0.494 e. The average molecular weight is 361 g/mol. The van der Waals surface area contributed by atoms with Gasteiger partial charge in [-0.1, -0.05) is 35.5 Å². The second kappa shape index (κ2) is 7.59.